The van der Waals surface area contributed by atoms with E-state index in [9.17, 15) is 0 Å². The summed E-state index contributed by atoms with van der Waals surface area (Å²) in [6, 6.07) is 0.518. The average molecular weight is 212 g/mol. The highest BCUT2D eigenvalue weighted by molar-refractivity contribution is 4.91. The molecule has 2 nitrogen and oxygen atoms in total. The van der Waals surface area contributed by atoms with Gasteiger partial charge in [-0.3, -0.25) is 11.3 Å². The van der Waals surface area contributed by atoms with Crippen molar-refractivity contribution in [1.29, 1.82) is 0 Å². The van der Waals surface area contributed by atoms with Gasteiger partial charge in [-0.25, -0.2) is 0 Å². The van der Waals surface area contributed by atoms with Crippen molar-refractivity contribution in [1.82, 2.24) is 5.43 Å². The van der Waals surface area contributed by atoms with Gasteiger partial charge in [0.2, 0.25) is 0 Å². The molecule has 2 heteroatoms. The summed E-state index contributed by atoms with van der Waals surface area (Å²) in [6.07, 6.45) is 6.58. The number of rotatable bonds is 5. The molecule has 0 bridgehead atoms. The Morgan fingerprint density at radius 2 is 2.00 bits per heavy atom. The second kappa shape index (κ2) is 5.31. The van der Waals surface area contributed by atoms with E-state index >= 15 is 0 Å². The minimum atomic E-state index is 0.480. The smallest absolute Gasteiger partial charge is 0.0243 e. The maximum absolute atomic E-state index is 5.71. The van der Waals surface area contributed by atoms with E-state index in [1.807, 2.05) is 0 Å². The zero-order chi connectivity index (χ0) is 11.5. The van der Waals surface area contributed by atoms with Crippen LogP contribution < -0.4 is 11.3 Å². The van der Waals surface area contributed by atoms with Crippen LogP contribution in [-0.2, 0) is 0 Å². The summed E-state index contributed by atoms with van der Waals surface area (Å²) < 4.78 is 0. The van der Waals surface area contributed by atoms with Crippen molar-refractivity contribution in [3.63, 3.8) is 0 Å². The van der Waals surface area contributed by atoms with Crippen LogP contribution in [0.3, 0.4) is 0 Å². The molecule has 2 atom stereocenters. The van der Waals surface area contributed by atoms with Gasteiger partial charge in [0.25, 0.3) is 0 Å². The van der Waals surface area contributed by atoms with Crippen molar-refractivity contribution >= 4 is 0 Å². The average Bonchev–Trinajstić information content (AvgIpc) is 2.47. The Balaban J connectivity index is 2.50. The second-order valence-electron chi connectivity index (χ2n) is 6.23. The van der Waals surface area contributed by atoms with Gasteiger partial charge in [-0.05, 0) is 42.9 Å². The molecule has 1 rings (SSSR count). The van der Waals surface area contributed by atoms with Gasteiger partial charge in [-0.2, -0.15) is 0 Å². The molecule has 0 aliphatic heterocycles. The zero-order valence-electron chi connectivity index (χ0n) is 10.8. The molecule has 1 aliphatic carbocycles. The van der Waals surface area contributed by atoms with E-state index < -0.39 is 0 Å². The molecule has 0 spiro atoms. The molecule has 2 unspecified atom stereocenters. The van der Waals surface area contributed by atoms with Crippen LogP contribution in [0.15, 0.2) is 0 Å². The Bertz CT molecular complexity index is 187. The van der Waals surface area contributed by atoms with Crippen LogP contribution in [-0.4, -0.2) is 6.04 Å². The van der Waals surface area contributed by atoms with Gasteiger partial charge < -0.3 is 0 Å². The Morgan fingerprint density at radius 1 is 1.33 bits per heavy atom. The van der Waals surface area contributed by atoms with Crippen molar-refractivity contribution in [2.75, 3.05) is 0 Å². The molecule has 0 amide bonds. The summed E-state index contributed by atoms with van der Waals surface area (Å²) in [5.41, 5.74) is 3.54. The minimum Gasteiger partial charge on any atom is -0.271 e. The Kier molecular flexibility index (Phi) is 4.60. The highest BCUT2D eigenvalue weighted by atomic mass is 15.2. The molecule has 15 heavy (non-hydrogen) atoms. The van der Waals surface area contributed by atoms with E-state index in [2.05, 4.69) is 33.1 Å². The number of hydrazine groups is 1. The quantitative estimate of drug-likeness (QED) is 0.543. The monoisotopic (exact) mass is 212 g/mol. The summed E-state index contributed by atoms with van der Waals surface area (Å²) in [6.45, 7) is 9.36. The maximum Gasteiger partial charge on any atom is 0.0243 e. The summed E-state index contributed by atoms with van der Waals surface area (Å²) in [5.74, 6) is 7.26. The predicted molar refractivity (Wildman–Crippen MR) is 66.3 cm³/mol. The van der Waals surface area contributed by atoms with Crippen LogP contribution in [0.4, 0.5) is 0 Å². The third-order valence-corrected chi connectivity index (χ3v) is 4.09. The van der Waals surface area contributed by atoms with Crippen molar-refractivity contribution in [3.05, 3.63) is 0 Å². The highest BCUT2D eigenvalue weighted by Crippen LogP contribution is 2.45. The fourth-order valence-electron chi connectivity index (χ4n) is 3.01. The Hall–Kier alpha value is -0.0800. The molecular formula is C13H28N2. The zero-order valence-corrected chi connectivity index (χ0v) is 10.8. The molecule has 3 N–H and O–H groups in total. The first-order valence-electron chi connectivity index (χ1n) is 6.43. The fourth-order valence-corrected chi connectivity index (χ4v) is 3.01. The van der Waals surface area contributed by atoms with E-state index in [0.29, 0.717) is 11.5 Å². The van der Waals surface area contributed by atoms with Crippen molar-refractivity contribution < 1.29 is 0 Å². The first kappa shape index (κ1) is 13.0. The van der Waals surface area contributed by atoms with Gasteiger partial charge in [0.1, 0.15) is 0 Å². The lowest BCUT2D eigenvalue weighted by Crippen LogP contribution is -2.44. The molecule has 0 aromatic carbocycles. The van der Waals surface area contributed by atoms with Gasteiger partial charge in [-0.1, -0.05) is 34.1 Å². The van der Waals surface area contributed by atoms with E-state index in [1.54, 1.807) is 0 Å². The molecule has 0 radical (unpaired) electrons. The van der Waals surface area contributed by atoms with Gasteiger partial charge in [-0.15, -0.1) is 0 Å². The SMILES string of the molecule is CC(C)CCC(NN)C1CCCC1(C)C. The number of hydrogen-bond acceptors (Lipinski definition) is 2. The first-order valence-corrected chi connectivity index (χ1v) is 6.43. The lowest BCUT2D eigenvalue weighted by molar-refractivity contribution is 0.185. The summed E-state index contributed by atoms with van der Waals surface area (Å²) in [7, 11) is 0. The van der Waals surface area contributed by atoms with Crippen LogP contribution in [0.25, 0.3) is 0 Å². The van der Waals surface area contributed by atoms with Crippen molar-refractivity contribution in [3.8, 4) is 0 Å². The lowest BCUT2D eigenvalue weighted by atomic mass is 9.76. The molecule has 0 aromatic rings. The predicted octanol–water partition coefficient (Wildman–Crippen LogP) is 3.08. The van der Waals surface area contributed by atoms with E-state index in [-0.39, 0.29) is 0 Å². The molecule has 1 fully saturated rings. The van der Waals surface area contributed by atoms with Crippen LogP contribution in [0, 0.1) is 17.3 Å². The molecular weight excluding hydrogens is 184 g/mol. The Labute approximate surface area is 95.0 Å². The highest BCUT2D eigenvalue weighted by Gasteiger charge is 2.38. The largest absolute Gasteiger partial charge is 0.271 e. The molecule has 90 valence electrons. The molecule has 0 aromatic heterocycles. The normalized spacial score (nSPS) is 27.2. The minimum absolute atomic E-state index is 0.480. The van der Waals surface area contributed by atoms with Gasteiger partial charge in [0, 0.05) is 6.04 Å². The summed E-state index contributed by atoms with van der Waals surface area (Å²) in [4.78, 5) is 0. The standard InChI is InChI=1S/C13H28N2/c1-10(2)7-8-12(15-14)11-6-5-9-13(11,3)4/h10-12,15H,5-9,14H2,1-4H3. The number of nitrogens with two attached hydrogens (primary N) is 1. The van der Waals surface area contributed by atoms with Crippen molar-refractivity contribution in [2.45, 2.75) is 65.8 Å². The van der Waals surface area contributed by atoms with Gasteiger partial charge in [0.15, 0.2) is 0 Å². The second-order valence-corrected chi connectivity index (χ2v) is 6.23. The third-order valence-electron chi connectivity index (χ3n) is 4.09. The topological polar surface area (TPSA) is 38.0 Å². The van der Waals surface area contributed by atoms with E-state index in [4.69, 9.17) is 5.84 Å². The number of hydrogen-bond donors (Lipinski definition) is 2. The van der Waals surface area contributed by atoms with Gasteiger partial charge in [0.05, 0.1) is 0 Å². The van der Waals surface area contributed by atoms with Crippen molar-refractivity contribution in [2.24, 2.45) is 23.1 Å². The summed E-state index contributed by atoms with van der Waals surface area (Å²) >= 11 is 0. The summed E-state index contributed by atoms with van der Waals surface area (Å²) in [5, 5.41) is 0. The molecule has 1 saturated carbocycles. The van der Waals surface area contributed by atoms with Crippen LogP contribution in [0.1, 0.15) is 59.8 Å². The van der Waals surface area contributed by atoms with Gasteiger partial charge >= 0.3 is 0 Å². The number of nitrogens with one attached hydrogen (secondary N) is 1. The fraction of sp³-hybridized carbons (Fsp3) is 1.00. The third kappa shape index (κ3) is 3.46. The Morgan fingerprint density at radius 3 is 2.40 bits per heavy atom. The van der Waals surface area contributed by atoms with Crippen LogP contribution in [0.2, 0.25) is 0 Å². The van der Waals surface area contributed by atoms with E-state index in [0.717, 1.165) is 11.8 Å². The van der Waals surface area contributed by atoms with Crippen LogP contribution >= 0.6 is 0 Å². The molecule has 0 heterocycles. The van der Waals surface area contributed by atoms with Crippen LogP contribution in [0.5, 0.6) is 0 Å². The van der Waals surface area contributed by atoms with E-state index in [1.165, 1.54) is 32.1 Å². The maximum atomic E-state index is 5.71. The first-order chi connectivity index (χ1) is 6.97. The molecule has 1 aliphatic rings. The molecule has 0 saturated heterocycles. The lowest BCUT2D eigenvalue weighted by Gasteiger charge is -2.34.